The summed E-state index contributed by atoms with van der Waals surface area (Å²) in [7, 11) is 0. The van der Waals surface area contributed by atoms with Gasteiger partial charge in [0.15, 0.2) is 0 Å². The van der Waals surface area contributed by atoms with E-state index in [-0.39, 0.29) is 12.3 Å². The van der Waals surface area contributed by atoms with E-state index in [1.165, 1.54) is 12.3 Å². The van der Waals surface area contributed by atoms with Crippen LogP contribution in [-0.4, -0.2) is 41.4 Å². The molecule has 0 atom stereocenters. The van der Waals surface area contributed by atoms with Gasteiger partial charge in [-0.3, -0.25) is 10.1 Å². The number of nitro benzene ring substituents is 1. The predicted molar refractivity (Wildman–Crippen MR) is 74.8 cm³/mol. The molecule has 2 N–H and O–H groups in total. The minimum atomic E-state index is -0.441. The molecule has 0 fully saturated rings. The first-order chi connectivity index (χ1) is 9.74. The number of benzene rings is 1. The number of aliphatic hydroxyl groups excluding tert-OH is 1. The van der Waals surface area contributed by atoms with E-state index in [4.69, 9.17) is 9.84 Å². The average molecular weight is 277 g/mol. The summed E-state index contributed by atoms with van der Waals surface area (Å²) in [4.78, 5) is 14.6. The molecule has 0 aliphatic heterocycles. The Balaban J connectivity index is 2.18. The Bertz CT molecular complexity index is 603. The first kappa shape index (κ1) is 14.2. The second-order valence-corrected chi connectivity index (χ2v) is 4.05. The number of fused-ring (bicyclic) bond motifs is 1. The summed E-state index contributed by atoms with van der Waals surface area (Å²) in [6, 6.07) is 6.62. The summed E-state index contributed by atoms with van der Waals surface area (Å²) in [6.45, 7) is 1.27. The van der Waals surface area contributed by atoms with E-state index in [2.05, 4.69) is 10.3 Å². The van der Waals surface area contributed by atoms with E-state index in [9.17, 15) is 10.1 Å². The number of rotatable bonds is 7. The topological polar surface area (TPSA) is 97.5 Å². The zero-order valence-electron chi connectivity index (χ0n) is 10.8. The Morgan fingerprint density at radius 1 is 1.35 bits per heavy atom. The van der Waals surface area contributed by atoms with E-state index >= 15 is 0 Å². The summed E-state index contributed by atoms with van der Waals surface area (Å²) < 4.78 is 5.14. The number of nitrogens with one attached hydrogen (secondary N) is 1. The standard InChI is InChI=1S/C13H15N3O4/c17-7-9-20-8-6-14-11-3-4-12(16(18)19)13-10(11)2-1-5-15-13/h1-5,14,17H,6-9H2. The van der Waals surface area contributed by atoms with Gasteiger partial charge in [-0.2, -0.15) is 0 Å². The maximum atomic E-state index is 11.0. The minimum Gasteiger partial charge on any atom is -0.394 e. The van der Waals surface area contributed by atoms with Gasteiger partial charge in [-0.15, -0.1) is 0 Å². The van der Waals surface area contributed by atoms with Crippen LogP contribution in [0.5, 0.6) is 0 Å². The lowest BCUT2D eigenvalue weighted by molar-refractivity contribution is -0.383. The highest BCUT2D eigenvalue weighted by atomic mass is 16.6. The second kappa shape index (κ2) is 6.78. The SMILES string of the molecule is O=[N+]([O-])c1ccc(NCCOCCO)c2cccnc12. The van der Waals surface area contributed by atoms with Crippen LogP contribution in [0.2, 0.25) is 0 Å². The van der Waals surface area contributed by atoms with Crippen LogP contribution in [0.4, 0.5) is 11.4 Å². The molecular formula is C13H15N3O4. The van der Waals surface area contributed by atoms with E-state index in [1.54, 1.807) is 18.2 Å². The van der Waals surface area contributed by atoms with Crippen molar-refractivity contribution in [1.29, 1.82) is 0 Å². The lowest BCUT2D eigenvalue weighted by Gasteiger charge is -2.09. The van der Waals surface area contributed by atoms with Crippen LogP contribution in [0.3, 0.4) is 0 Å². The van der Waals surface area contributed by atoms with E-state index in [1.807, 2.05) is 0 Å². The van der Waals surface area contributed by atoms with Gasteiger partial charge in [-0.25, -0.2) is 4.98 Å². The third kappa shape index (κ3) is 3.19. The van der Waals surface area contributed by atoms with Gasteiger partial charge in [0.1, 0.15) is 5.52 Å². The normalized spacial score (nSPS) is 10.7. The van der Waals surface area contributed by atoms with Crippen molar-refractivity contribution >= 4 is 22.3 Å². The molecule has 7 nitrogen and oxygen atoms in total. The molecule has 0 aliphatic rings. The van der Waals surface area contributed by atoms with Crippen molar-refractivity contribution in [3.05, 3.63) is 40.6 Å². The zero-order chi connectivity index (χ0) is 14.4. The van der Waals surface area contributed by atoms with Crippen LogP contribution < -0.4 is 5.32 Å². The van der Waals surface area contributed by atoms with Gasteiger partial charge in [0, 0.05) is 29.9 Å². The summed E-state index contributed by atoms with van der Waals surface area (Å²) >= 11 is 0. The number of non-ortho nitro benzene ring substituents is 1. The van der Waals surface area contributed by atoms with Crippen molar-refractivity contribution < 1.29 is 14.8 Å². The molecule has 0 saturated carbocycles. The Morgan fingerprint density at radius 3 is 2.95 bits per heavy atom. The van der Waals surface area contributed by atoms with E-state index < -0.39 is 4.92 Å². The molecule has 1 aromatic heterocycles. The first-order valence-corrected chi connectivity index (χ1v) is 6.18. The molecule has 2 rings (SSSR count). The third-order valence-corrected chi connectivity index (χ3v) is 2.74. The second-order valence-electron chi connectivity index (χ2n) is 4.05. The maximum absolute atomic E-state index is 11.0. The van der Waals surface area contributed by atoms with Crippen LogP contribution in [0.25, 0.3) is 10.9 Å². The number of aromatic nitrogens is 1. The molecule has 0 unspecified atom stereocenters. The highest BCUT2D eigenvalue weighted by Gasteiger charge is 2.14. The predicted octanol–water partition coefficient (Wildman–Crippen LogP) is 1.56. The number of anilines is 1. The molecule has 0 spiro atoms. The van der Waals surface area contributed by atoms with Crippen LogP contribution in [0, 0.1) is 10.1 Å². The molecule has 0 amide bonds. The number of hydrogen-bond acceptors (Lipinski definition) is 6. The minimum absolute atomic E-state index is 0.00954. The molecule has 0 radical (unpaired) electrons. The Morgan fingerprint density at radius 2 is 2.20 bits per heavy atom. The fourth-order valence-corrected chi connectivity index (χ4v) is 1.88. The highest BCUT2D eigenvalue weighted by molar-refractivity contribution is 5.96. The lowest BCUT2D eigenvalue weighted by atomic mass is 10.1. The van der Waals surface area contributed by atoms with Crippen molar-refractivity contribution in [3.8, 4) is 0 Å². The molecule has 0 bridgehead atoms. The van der Waals surface area contributed by atoms with Gasteiger partial charge in [0.2, 0.25) is 0 Å². The molecule has 1 heterocycles. The van der Waals surface area contributed by atoms with Gasteiger partial charge in [0.25, 0.3) is 5.69 Å². The van der Waals surface area contributed by atoms with Crippen LogP contribution in [0.15, 0.2) is 30.5 Å². The average Bonchev–Trinajstić information content (AvgIpc) is 2.46. The van der Waals surface area contributed by atoms with Crippen LogP contribution in [0.1, 0.15) is 0 Å². The molecular weight excluding hydrogens is 262 g/mol. The monoisotopic (exact) mass is 277 g/mol. The lowest BCUT2D eigenvalue weighted by Crippen LogP contribution is -2.11. The molecule has 7 heteroatoms. The maximum Gasteiger partial charge on any atom is 0.295 e. The van der Waals surface area contributed by atoms with Gasteiger partial charge in [-0.1, -0.05) is 0 Å². The Kier molecular flexibility index (Phi) is 4.80. The quantitative estimate of drug-likeness (QED) is 0.453. The largest absolute Gasteiger partial charge is 0.394 e. The number of nitro groups is 1. The third-order valence-electron chi connectivity index (χ3n) is 2.74. The smallest absolute Gasteiger partial charge is 0.295 e. The molecule has 106 valence electrons. The first-order valence-electron chi connectivity index (χ1n) is 6.18. The Labute approximate surface area is 115 Å². The van der Waals surface area contributed by atoms with Gasteiger partial charge >= 0.3 is 0 Å². The van der Waals surface area contributed by atoms with Gasteiger partial charge in [-0.05, 0) is 18.2 Å². The van der Waals surface area contributed by atoms with Crippen molar-refractivity contribution in [3.63, 3.8) is 0 Å². The molecule has 0 saturated heterocycles. The summed E-state index contributed by atoms with van der Waals surface area (Å²) in [5.74, 6) is 0. The zero-order valence-corrected chi connectivity index (χ0v) is 10.8. The van der Waals surface area contributed by atoms with Crippen LogP contribution in [-0.2, 0) is 4.74 Å². The van der Waals surface area contributed by atoms with Crippen molar-refractivity contribution in [2.75, 3.05) is 31.7 Å². The van der Waals surface area contributed by atoms with E-state index in [0.717, 1.165) is 5.69 Å². The molecule has 20 heavy (non-hydrogen) atoms. The van der Waals surface area contributed by atoms with Gasteiger partial charge in [0.05, 0.1) is 24.7 Å². The molecule has 2 aromatic rings. The Hall–Kier alpha value is -2.25. The van der Waals surface area contributed by atoms with Crippen molar-refractivity contribution in [2.24, 2.45) is 0 Å². The molecule has 0 aliphatic carbocycles. The highest BCUT2D eigenvalue weighted by Crippen LogP contribution is 2.29. The summed E-state index contributed by atoms with van der Waals surface area (Å²) in [6.07, 6.45) is 1.53. The fraction of sp³-hybridized carbons (Fsp3) is 0.308. The van der Waals surface area contributed by atoms with Crippen LogP contribution >= 0.6 is 0 Å². The summed E-state index contributed by atoms with van der Waals surface area (Å²) in [5.41, 5.74) is 1.12. The number of ether oxygens (including phenoxy) is 1. The fourth-order valence-electron chi connectivity index (χ4n) is 1.88. The number of hydrogen-bond donors (Lipinski definition) is 2. The van der Waals surface area contributed by atoms with Gasteiger partial charge < -0.3 is 15.2 Å². The molecule has 1 aromatic carbocycles. The number of aliphatic hydroxyl groups is 1. The summed E-state index contributed by atoms with van der Waals surface area (Å²) in [5, 5.41) is 23.4. The van der Waals surface area contributed by atoms with Crippen molar-refractivity contribution in [1.82, 2.24) is 4.98 Å². The van der Waals surface area contributed by atoms with Crippen molar-refractivity contribution in [2.45, 2.75) is 0 Å². The number of nitrogens with zero attached hydrogens (tertiary/aromatic N) is 2. The number of pyridine rings is 1. The van der Waals surface area contributed by atoms with E-state index in [0.29, 0.717) is 30.7 Å².